The maximum atomic E-state index is 14.4. The Morgan fingerprint density at radius 3 is 0.681 bits per heavy atom. The zero-order valence-corrected chi connectivity index (χ0v) is 41.2. The van der Waals surface area contributed by atoms with Crippen LogP contribution in [0.4, 0.5) is 0 Å². The van der Waals surface area contributed by atoms with Crippen LogP contribution in [0.1, 0.15) is 0 Å². The molecule has 0 heterocycles. The van der Waals surface area contributed by atoms with Crippen LogP contribution in [0.15, 0.2) is 277 Å². The monoisotopic (exact) mass is 1060 g/mol. The highest BCUT2D eigenvalue weighted by Crippen LogP contribution is 2.45. The number of benzene rings is 8. The summed E-state index contributed by atoms with van der Waals surface area (Å²) in [5.41, 5.74) is 0. The van der Waals surface area contributed by atoms with Crippen LogP contribution in [-0.2, 0) is 59.6 Å². The van der Waals surface area contributed by atoms with Crippen molar-refractivity contribution in [1.29, 1.82) is 0 Å². The minimum Gasteiger partial charge on any atom is -0.282 e. The van der Waals surface area contributed by atoms with E-state index >= 15 is 0 Å². The summed E-state index contributed by atoms with van der Waals surface area (Å²) in [6.07, 6.45) is 0. The van der Waals surface area contributed by atoms with Crippen LogP contribution >= 0.6 is 11.8 Å². The topological polar surface area (TPSA) is 245 Å². The van der Waals surface area contributed by atoms with Crippen molar-refractivity contribution in [3.63, 3.8) is 0 Å². The number of hydrogen-bond acceptors (Lipinski definition) is 13. The highest BCUT2D eigenvalue weighted by atomic mass is 32.2. The summed E-state index contributed by atoms with van der Waals surface area (Å²) in [5, 5.41) is 0. The molecule has 21 heteroatoms. The van der Waals surface area contributed by atoms with Gasteiger partial charge in [-0.2, -0.15) is 16.8 Å². The summed E-state index contributed by atoms with van der Waals surface area (Å²) in [7, 11) is -26.0. The van der Waals surface area contributed by atoms with Gasteiger partial charge in [0, 0.05) is 9.79 Å². The Kier molecular flexibility index (Phi) is 16.3. The van der Waals surface area contributed by atoms with Gasteiger partial charge in [0.05, 0.1) is 39.2 Å². The van der Waals surface area contributed by atoms with Gasteiger partial charge in [-0.25, -0.2) is 33.7 Å². The smallest absolute Gasteiger partial charge is 0.282 e. The van der Waals surface area contributed by atoms with Gasteiger partial charge in [0.15, 0.2) is 0 Å². The first-order valence-electron chi connectivity index (χ1n) is 19.8. The van der Waals surface area contributed by atoms with Crippen LogP contribution in [0.25, 0.3) is 0 Å². The summed E-state index contributed by atoms with van der Waals surface area (Å²) in [6, 6.07) is 51.8. The van der Waals surface area contributed by atoms with E-state index in [1.807, 2.05) is 0 Å². The number of sulfone groups is 4. The zero-order chi connectivity index (χ0) is 50.1. The highest BCUT2D eigenvalue weighted by Gasteiger charge is 2.35. The lowest BCUT2D eigenvalue weighted by atomic mass is 10.3. The minimum absolute atomic E-state index is 0.0741. The van der Waals surface area contributed by atoms with Crippen molar-refractivity contribution >= 4 is 71.3 Å². The first-order chi connectivity index (χ1) is 32.6. The molecule has 0 aliphatic heterocycles. The van der Waals surface area contributed by atoms with Crippen molar-refractivity contribution in [3.8, 4) is 0 Å². The predicted molar refractivity (Wildman–Crippen MR) is 257 cm³/mol. The third-order valence-electron chi connectivity index (χ3n) is 9.52. The molecular formula is C48H38O14S7. The molecule has 0 radical (unpaired) electrons. The Bertz CT molecular complexity index is 3500. The largest absolute Gasteiger partial charge is 0.294 e. The van der Waals surface area contributed by atoms with Crippen molar-refractivity contribution in [2.45, 2.75) is 58.7 Å². The van der Waals surface area contributed by atoms with Crippen LogP contribution in [0, 0.1) is 0 Å². The molecule has 0 aliphatic rings. The summed E-state index contributed by atoms with van der Waals surface area (Å²) in [4.78, 5) is -3.26. The standard InChI is InChI=1S/C36H26O8S5.2C6H6O3S/c37-46(38,27-15-5-1-6-16-27)33-25-13-23-31(35(33)48(41,42)29-19-9-3-10-20-29)45-32-24-14-26-34(47(39,40)28-17-7-2-8-18-28)36(32)49(43,44)30-21-11-4-12-22-30;2*7-10(8,9)6-4-2-1-3-5-6/h1-26H;2*1-5H,(H,7,8,9). The van der Waals surface area contributed by atoms with Gasteiger partial charge in [-0.1, -0.05) is 133 Å². The number of rotatable bonds is 12. The normalized spacial score (nSPS) is 12.1. The van der Waals surface area contributed by atoms with Gasteiger partial charge in [-0.05, 0) is 97.1 Å². The van der Waals surface area contributed by atoms with E-state index in [9.17, 15) is 50.5 Å². The van der Waals surface area contributed by atoms with E-state index in [0.717, 1.165) is 0 Å². The van der Waals surface area contributed by atoms with Crippen molar-refractivity contribution in [2.75, 3.05) is 0 Å². The van der Waals surface area contributed by atoms with Gasteiger partial charge in [-0.3, -0.25) is 9.11 Å². The molecule has 0 aromatic heterocycles. The van der Waals surface area contributed by atoms with Crippen molar-refractivity contribution in [2.24, 2.45) is 0 Å². The molecular weight excluding hydrogens is 1020 g/mol. The first kappa shape index (κ1) is 52.1. The van der Waals surface area contributed by atoms with Gasteiger partial charge in [0.2, 0.25) is 39.3 Å². The van der Waals surface area contributed by atoms with Crippen LogP contribution in [0.5, 0.6) is 0 Å². The molecule has 0 saturated heterocycles. The molecule has 0 aliphatic carbocycles. The number of hydrogen-bond donors (Lipinski definition) is 2. The van der Waals surface area contributed by atoms with E-state index < -0.39 is 79.2 Å². The third-order valence-corrected chi connectivity index (χ3v) is 20.3. The van der Waals surface area contributed by atoms with Gasteiger partial charge in [0.1, 0.15) is 9.79 Å². The van der Waals surface area contributed by atoms with Gasteiger partial charge >= 0.3 is 0 Å². The van der Waals surface area contributed by atoms with Gasteiger partial charge in [-0.15, -0.1) is 0 Å². The van der Waals surface area contributed by atoms with Gasteiger partial charge in [0.25, 0.3) is 20.2 Å². The predicted octanol–water partition coefficient (Wildman–Crippen LogP) is 9.04. The van der Waals surface area contributed by atoms with E-state index in [2.05, 4.69) is 0 Å². The van der Waals surface area contributed by atoms with Crippen LogP contribution < -0.4 is 0 Å². The minimum atomic E-state index is -4.56. The molecule has 0 unspecified atom stereocenters. The third kappa shape index (κ3) is 12.3. The Morgan fingerprint density at radius 1 is 0.246 bits per heavy atom. The van der Waals surface area contributed by atoms with E-state index in [4.69, 9.17) is 9.11 Å². The second-order valence-electron chi connectivity index (χ2n) is 14.1. The molecule has 8 rings (SSSR count). The van der Waals surface area contributed by atoms with E-state index in [-0.39, 0.29) is 39.2 Å². The fourth-order valence-electron chi connectivity index (χ4n) is 6.30. The maximum Gasteiger partial charge on any atom is 0.294 e. The lowest BCUT2D eigenvalue weighted by Crippen LogP contribution is -2.13. The lowest BCUT2D eigenvalue weighted by Gasteiger charge is -2.19. The van der Waals surface area contributed by atoms with E-state index in [0.29, 0.717) is 11.8 Å². The molecule has 8 aromatic carbocycles. The van der Waals surface area contributed by atoms with Crippen molar-refractivity contribution in [3.05, 3.63) is 218 Å². The lowest BCUT2D eigenvalue weighted by molar-refractivity contribution is 0.481. The average molecular weight is 1060 g/mol. The second kappa shape index (κ2) is 21.6. The molecule has 0 saturated carbocycles. The summed E-state index contributed by atoms with van der Waals surface area (Å²) >= 11 is 0.648. The first-order valence-corrected chi connectivity index (χ1v) is 29.4. The fraction of sp³-hybridized carbons (Fsp3) is 0. The Morgan fingerprint density at radius 2 is 0.464 bits per heavy atom. The Labute approximate surface area is 405 Å². The van der Waals surface area contributed by atoms with Crippen molar-refractivity contribution in [1.82, 2.24) is 0 Å². The van der Waals surface area contributed by atoms with Crippen LogP contribution in [0.2, 0.25) is 0 Å². The molecule has 356 valence electrons. The Hall–Kier alpha value is -6.27. The molecule has 0 fully saturated rings. The molecule has 69 heavy (non-hydrogen) atoms. The van der Waals surface area contributed by atoms with E-state index in [1.54, 1.807) is 60.7 Å². The zero-order valence-electron chi connectivity index (χ0n) is 35.4. The molecule has 0 amide bonds. The summed E-state index contributed by atoms with van der Waals surface area (Å²) in [5.74, 6) is 0. The van der Waals surface area contributed by atoms with Crippen molar-refractivity contribution < 1.29 is 59.6 Å². The van der Waals surface area contributed by atoms with Gasteiger partial charge < -0.3 is 0 Å². The second-order valence-corrected chi connectivity index (χ2v) is 25.6. The molecule has 14 nitrogen and oxygen atoms in total. The molecule has 0 bridgehead atoms. The molecule has 8 aromatic rings. The average Bonchev–Trinajstić information content (AvgIpc) is 3.35. The molecule has 0 spiro atoms. The maximum absolute atomic E-state index is 14.4. The van der Waals surface area contributed by atoms with Crippen LogP contribution in [-0.4, -0.2) is 59.6 Å². The molecule has 0 atom stereocenters. The highest BCUT2D eigenvalue weighted by molar-refractivity contribution is 8.01. The van der Waals surface area contributed by atoms with E-state index in [1.165, 1.54) is 158 Å². The summed E-state index contributed by atoms with van der Waals surface area (Å²) in [6.45, 7) is 0. The fourth-order valence-corrected chi connectivity index (χ4v) is 16.2. The van der Waals surface area contributed by atoms with Crippen LogP contribution in [0.3, 0.4) is 0 Å². The quantitative estimate of drug-likeness (QED) is 0.108. The SMILES string of the molecule is O=S(=O)(O)c1ccccc1.O=S(=O)(O)c1ccccc1.O=S(=O)(c1ccccc1)c1cccc(Sc2cccc(S(=O)(=O)c3ccccc3)c2S(=O)(=O)c2ccccc2)c1S(=O)(=O)c1ccccc1. The molecule has 2 N–H and O–H groups in total. The summed E-state index contributed by atoms with van der Waals surface area (Å²) < 4.78 is 172. The Balaban J connectivity index is 0.000000321.